The van der Waals surface area contributed by atoms with Crippen molar-refractivity contribution in [3.63, 3.8) is 0 Å². The van der Waals surface area contributed by atoms with Gasteiger partial charge in [0.15, 0.2) is 0 Å². The Kier molecular flexibility index (Phi) is 5.00. The van der Waals surface area contributed by atoms with E-state index in [1.807, 2.05) is 20.0 Å². The highest BCUT2D eigenvalue weighted by molar-refractivity contribution is 5.55. The van der Waals surface area contributed by atoms with Crippen LogP contribution in [0, 0.1) is 11.7 Å². The number of piperidine rings is 1. The van der Waals surface area contributed by atoms with Crippen LogP contribution in [0.2, 0.25) is 0 Å². The van der Waals surface area contributed by atoms with Crippen molar-refractivity contribution in [2.24, 2.45) is 11.7 Å². The quantitative estimate of drug-likeness (QED) is 0.919. The topological polar surface area (TPSA) is 32.5 Å². The standard InChI is InChI=1S/C16H26FN3/c1-12(18)16-14(17)5-4-6-15(16)20(3)11-13-7-9-19(2)10-8-13/h4-6,12-13H,7-11,18H2,1-3H3/t12-/m1/s1. The van der Waals surface area contributed by atoms with Gasteiger partial charge in [0.2, 0.25) is 0 Å². The molecule has 1 fully saturated rings. The maximum absolute atomic E-state index is 14.0. The molecule has 0 bridgehead atoms. The minimum Gasteiger partial charge on any atom is -0.374 e. The molecule has 2 N–H and O–H groups in total. The molecule has 0 saturated carbocycles. The molecule has 0 aliphatic carbocycles. The maximum Gasteiger partial charge on any atom is 0.130 e. The minimum atomic E-state index is -0.286. The van der Waals surface area contributed by atoms with Crippen molar-refractivity contribution >= 4 is 5.69 Å². The molecule has 0 amide bonds. The molecule has 1 atom stereocenters. The summed E-state index contributed by atoms with van der Waals surface area (Å²) in [5.41, 5.74) is 7.49. The van der Waals surface area contributed by atoms with Crippen molar-refractivity contribution in [2.75, 3.05) is 38.6 Å². The third-order valence-electron chi connectivity index (χ3n) is 4.27. The first kappa shape index (κ1) is 15.3. The molecule has 112 valence electrons. The summed E-state index contributed by atoms with van der Waals surface area (Å²) in [6.07, 6.45) is 2.42. The SMILES string of the molecule is C[C@@H](N)c1c(F)cccc1N(C)CC1CCN(C)CC1. The predicted octanol–water partition coefficient (Wildman–Crippen LogP) is 2.62. The number of hydrogen-bond donors (Lipinski definition) is 1. The lowest BCUT2D eigenvalue weighted by Crippen LogP contribution is -2.36. The summed E-state index contributed by atoms with van der Waals surface area (Å²) < 4.78 is 14.0. The predicted molar refractivity (Wildman–Crippen MR) is 82.5 cm³/mol. The van der Waals surface area contributed by atoms with Crippen LogP contribution in [0.5, 0.6) is 0 Å². The van der Waals surface area contributed by atoms with Crippen LogP contribution in [0.1, 0.15) is 31.4 Å². The van der Waals surface area contributed by atoms with Gasteiger partial charge in [-0.1, -0.05) is 6.07 Å². The minimum absolute atomic E-state index is 0.201. The van der Waals surface area contributed by atoms with Gasteiger partial charge in [0.05, 0.1) is 0 Å². The molecule has 4 heteroatoms. The van der Waals surface area contributed by atoms with Gasteiger partial charge in [-0.2, -0.15) is 0 Å². The average molecular weight is 279 g/mol. The van der Waals surface area contributed by atoms with E-state index in [-0.39, 0.29) is 11.9 Å². The molecule has 0 radical (unpaired) electrons. The smallest absolute Gasteiger partial charge is 0.130 e. The molecule has 1 saturated heterocycles. The zero-order chi connectivity index (χ0) is 14.7. The van der Waals surface area contributed by atoms with E-state index in [9.17, 15) is 4.39 Å². The molecule has 3 nitrogen and oxygen atoms in total. The molecule has 1 aromatic carbocycles. The van der Waals surface area contributed by atoms with Crippen molar-refractivity contribution in [1.82, 2.24) is 4.90 Å². The lowest BCUT2D eigenvalue weighted by atomic mass is 9.96. The summed E-state index contributed by atoms with van der Waals surface area (Å²) in [4.78, 5) is 4.53. The van der Waals surface area contributed by atoms with E-state index in [0.29, 0.717) is 11.5 Å². The van der Waals surface area contributed by atoms with Crippen LogP contribution in [0.25, 0.3) is 0 Å². The summed E-state index contributed by atoms with van der Waals surface area (Å²) >= 11 is 0. The van der Waals surface area contributed by atoms with E-state index in [1.165, 1.54) is 18.9 Å². The number of nitrogens with two attached hydrogens (primary N) is 1. The van der Waals surface area contributed by atoms with E-state index >= 15 is 0 Å². The summed E-state index contributed by atoms with van der Waals surface area (Å²) in [7, 11) is 4.21. The Bertz CT molecular complexity index is 439. The Morgan fingerprint density at radius 3 is 2.65 bits per heavy atom. The molecular formula is C16H26FN3. The summed E-state index contributed by atoms with van der Waals surface area (Å²) in [5.74, 6) is 0.480. The van der Waals surface area contributed by atoms with Crippen molar-refractivity contribution < 1.29 is 4.39 Å². The van der Waals surface area contributed by atoms with Gasteiger partial charge in [-0.15, -0.1) is 0 Å². The van der Waals surface area contributed by atoms with E-state index in [4.69, 9.17) is 5.73 Å². The molecule has 0 spiro atoms. The van der Waals surface area contributed by atoms with E-state index in [2.05, 4.69) is 16.8 Å². The highest BCUT2D eigenvalue weighted by atomic mass is 19.1. The molecule has 0 unspecified atom stereocenters. The summed E-state index contributed by atoms with van der Waals surface area (Å²) in [6, 6.07) is 4.94. The average Bonchev–Trinajstić information content (AvgIpc) is 2.40. The van der Waals surface area contributed by atoms with Crippen LogP contribution in [-0.2, 0) is 0 Å². The van der Waals surface area contributed by atoms with Gasteiger partial charge in [0.25, 0.3) is 0 Å². The van der Waals surface area contributed by atoms with Crippen molar-refractivity contribution in [1.29, 1.82) is 0 Å². The Morgan fingerprint density at radius 2 is 2.05 bits per heavy atom. The first-order chi connectivity index (χ1) is 9.49. The van der Waals surface area contributed by atoms with Crippen LogP contribution in [0.15, 0.2) is 18.2 Å². The first-order valence-corrected chi connectivity index (χ1v) is 7.42. The second kappa shape index (κ2) is 6.55. The Balaban J connectivity index is 2.09. The van der Waals surface area contributed by atoms with Gasteiger partial charge in [-0.3, -0.25) is 0 Å². The first-order valence-electron chi connectivity index (χ1n) is 7.42. The largest absolute Gasteiger partial charge is 0.374 e. The highest BCUT2D eigenvalue weighted by Gasteiger charge is 2.21. The fourth-order valence-electron chi connectivity index (χ4n) is 3.04. The third-order valence-corrected chi connectivity index (χ3v) is 4.27. The number of hydrogen-bond acceptors (Lipinski definition) is 3. The fraction of sp³-hybridized carbons (Fsp3) is 0.625. The van der Waals surface area contributed by atoms with Gasteiger partial charge >= 0.3 is 0 Å². The van der Waals surface area contributed by atoms with Crippen molar-refractivity contribution in [3.05, 3.63) is 29.6 Å². The van der Waals surface area contributed by atoms with E-state index in [0.717, 1.165) is 25.3 Å². The number of likely N-dealkylation sites (tertiary alicyclic amines) is 1. The second-order valence-corrected chi connectivity index (χ2v) is 6.09. The Labute approximate surface area is 121 Å². The molecule has 1 aromatic rings. The summed E-state index contributed by atoms with van der Waals surface area (Å²) in [6.45, 7) is 5.12. The Morgan fingerprint density at radius 1 is 1.40 bits per heavy atom. The Hall–Kier alpha value is -1.13. The van der Waals surface area contributed by atoms with Crippen LogP contribution in [-0.4, -0.2) is 38.6 Å². The highest BCUT2D eigenvalue weighted by Crippen LogP contribution is 2.28. The van der Waals surface area contributed by atoms with Crippen molar-refractivity contribution in [3.8, 4) is 0 Å². The van der Waals surface area contributed by atoms with Gasteiger partial charge in [-0.05, 0) is 58.0 Å². The third kappa shape index (κ3) is 3.49. The molecule has 1 heterocycles. The maximum atomic E-state index is 14.0. The zero-order valence-corrected chi connectivity index (χ0v) is 12.8. The molecule has 2 rings (SSSR count). The molecule has 20 heavy (non-hydrogen) atoms. The van der Waals surface area contributed by atoms with Gasteiger partial charge in [0.1, 0.15) is 5.82 Å². The number of benzene rings is 1. The van der Waals surface area contributed by atoms with Crippen LogP contribution in [0.4, 0.5) is 10.1 Å². The van der Waals surface area contributed by atoms with E-state index in [1.54, 1.807) is 6.07 Å². The zero-order valence-electron chi connectivity index (χ0n) is 12.8. The molecule has 0 aromatic heterocycles. The van der Waals surface area contributed by atoms with Gasteiger partial charge in [-0.25, -0.2) is 4.39 Å². The lowest BCUT2D eigenvalue weighted by Gasteiger charge is -2.33. The van der Waals surface area contributed by atoms with Crippen molar-refractivity contribution in [2.45, 2.75) is 25.8 Å². The normalized spacial score (nSPS) is 19.1. The lowest BCUT2D eigenvalue weighted by molar-refractivity contribution is 0.222. The molecule has 1 aliphatic rings. The number of anilines is 1. The monoisotopic (exact) mass is 279 g/mol. The van der Waals surface area contributed by atoms with Gasteiger partial charge in [0, 0.05) is 30.9 Å². The number of halogens is 1. The summed E-state index contributed by atoms with van der Waals surface area (Å²) in [5, 5.41) is 0. The molecule has 1 aliphatic heterocycles. The number of rotatable bonds is 4. The molecular weight excluding hydrogens is 253 g/mol. The van der Waals surface area contributed by atoms with Crippen LogP contribution < -0.4 is 10.6 Å². The number of nitrogens with zero attached hydrogens (tertiary/aromatic N) is 2. The van der Waals surface area contributed by atoms with Gasteiger partial charge < -0.3 is 15.5 Å². The van der Waals surface area contributed by atoms with E-state index < -0.39 is 0 Å². The second-order valence-electron chi connectivity index (χ2n) is 6.09. The van der Waals surface area contributed by atoms with Crippen LogP contribution in [0.3, 0.4) is 0 Å². The fourth-order valence-corrected chi connectivity index (χ4v) is 3.04. The van der Waals surface area contributed by atoms with Crippen LogP contribution >= 0.6 is 0 Å².